The monoisotopic (exact) mass is 258 g/mol. The van der Waals surface area contributed by atoms with Crippen molar-refractivity contribution in [2.24, 2.45) is 0 Å². The Morgan fingerprint density at radius 1 is 1.06 bits per heavy atom. The summed E-state index contributed by atoms with van der Waals surface area (Å²) in [5.41, 5.74) is 9.19. The molecule has 0 saturated heterocycles. The molecule has 2 nitrogen and oxygen atoms in total. The average molecular weight is 258 g/mol. The molecule has 0 unspecified atom stereocenters. The van der Waals surface area contributed by atoms with Crippen molar-refractivity contribution < 1.29 is 0 Å². The fourth-order valence-electron chi connectivity index (χ4n) is 2.47. The Morgan fingerprint density at radius 3 is 2.67 bits per heavy atom. The molecule has 0 amide bonds. The number of nitrogens with zero attached hydrogens (tertiary/aromatic N) is 1. The first kappa shape index (κ1) is 11.7. The lowest BCUT2D eigenvalue weighted by Crippen LogP contribution is -1.91. The van der Waals surface area contributed by atoms with Gasteiger partial charge in [0, 0.05) is 17.0 Å². The number of benzene rings is 1. The van der Waals surface area contributed by atoms with Gasteiger partial charge in [-0.15, -0.1) is 11.3 Å². The molecule has 0 fully saturated rings. The second-order valence-corrected chi connectivity index (χ2v) is 6.12. The van der Waals surface area contributed by atoms with Gasteiger partial charge >= 0.3 is 0 Å². The van der Waals surface area contributed by atoms with Crippen molar-refractivity contribution in [3.8, 4) is 0 Å². The molecule has 0 spiro atoms. The van der Waals surface area contributed by atoms with E-state index in [2.05, 4.69) is 12.1 Å². The summed E-state index contributed by atoms with van der Waals surface area (Å²) in [5, 5.41) is 1.26. The van der Waals surface area contributed by atoms with Gasteiger partial charge in [-0.05, 0) is 43.4 Å². The number of thiazole rings is 1. The van der Waals surface area contributed by atoms with Crippen molar-refractivity contribution in [1.82, 2.24) is 4.98 Å². The molecule has 0 aliphatic heterocycles. The minimum atomic E-state index is 0.827. The zero-order valence-electron chi connectivity index (χ0n) is 10.5. The Hall–Kier alpha value is -1.35. The molecule has 94 valence electrons. The van der Waals surface area contributed by atoms with Crippen LogP contribution in [-0.4, -0.2) is 4.98 Å². The maximum absolute atomic E-state index is 5.70. The number of hydrogen-bond donors (Lipinski definition) is 1. The van der Waals surface area contributed by atoms with Gasteiger partial charge in [-0.25, -0.2) is 4.98 Å². The van der Waals surface area contributed by atoms with Crippen LogP contribution in [0.4, 0.5) is 5.69 Å². The normalized spacial score (nSPS) is 15.1. The Morgan fingerprint density at radius 2 is 1.83 bits per heavy atom. The lowest BCUT2D eigenvalue weighted by molar-refractivity contribution is 0.708. The van der Waals surface area contributed by atoms with Crippen LogP contribution in [0, 0.1) is 0 Å². The zero-order valence-corrected chi connectivity index (χ0v) is 11.3. The average Bonchev–Trinajstić information content (AvgIpc) is 2.62. The standard InChI is InChI=1S/C15H18N2S/c16-12-8-6-11(7-9-12)10-15-17-13-4-2-1-3-5-14(13)18-15/h6-9H,1-5,10,16H2. The van der Waals surface area contributed by atoms with Gasteiger partial charge in [-0.1, -0.05) is 18.6 Å². The molecular weight excluding hydrogens is 240 g/mol. The van der Waals surface area contributed by atoms with Gasteiger partial charge in [0.15, 0.2) is 0 Å². The van der Waals surface area contributed by atoms with Crippen LogP contribution in [0.25, 0.3) is 0 Å². The van der Waals surface area contributed by atoms with Crippen molar-refractivity contribution in [2.75, 3.05) is 5.73 Å². The third kappa shape index (κ3) is 2.56. The van der Waals surface area contributed by atoms with Crippen molar-refractivity contribution in [3.63, 3.8) is 0 Å². The van der Waals surface area contributed by atoms with Crippen LogP contribution in [0.5, 0.6) is 0 Å². The minimum absolute atomic E-state index is 0.827. The van der Waals surface area contributed by atoms with Crippen LogP contribution in [-0.2, 0) is 19.3 Å². The van der Waals surface area contributed by atoms with Crippen LogP contribution in [0.2, 0.25) is 0 Å². The summed E-state index contributed by atoms with van der Waals surface area (Å²) >= 11 is 1.91. The van der Waals surface area contributed by atoms with Crippen molar-refractivity contribution in [2.45, 2.75) is 38.5 Å². The molecule has 1 aromatic carbocycles. The highest BCUT2D eigenvalue weighted by Crippen LogP contribution is 2.27. The van der Waals surface area contributed by atoms with Crippen molar-refractivity contribution in [1.29, 1.82) is 0 Å². The first-order valence-corrected chi connectivity index (χ1v) is 7.45. The summed E-state index contributed by atoms with van der Waals surface area (Å²) in [6.07, 6.45) is 7.34. The highest BCUT2D eigenvalue weighted by atomic mass is 32.1. The summed E-state index contributed by atoms with van der Waals surface area (Å²) in [6.45, 7) is 0. The third-order valence-electron chi connectivity index (χ3n) is 3.48. The van der Waals surface area contributed by atoms with Gasteiger partial charge < -0.3 is 5.73 Å². The van der Waals surface area contributed by atoms with E-state index in [0.717, 1.165) is 12.1 Å². The van der Waals surface area contributed by atoms with E-state index in [1.165, 1.54) is 53.2 Å². The van der Waals surface area contributed by atoms with E-state index in [1.54, 1.807) is 0 Å². The van der Waals surface area contributed by atoms with E-state index in [0.29, 0.717) is 0 Å². The SMILES string of the molecule is Nc1ccc(Cc2nc3c(s2)CCCCC3)cc1. The number of aryl methyl sites for hydroxylation is 2. The number of nitrogens with two attached hydrogens (primary N) is 1. The fourth-order valence-corrected chi connectivity index (χ4v) is 3.66. The van der Waals surface area contributed by atoms with E-state index in [9.17, 15) is 0 Å². The van der Waals surface area contributed by atoms with Gasteiger partial charge in [-0.2, -0.15) is 0 Å². The second kappa shape index (κ2) is 5.11. The number of hydrogen-bond acceptors (Lipinski definition) is 3. The molecule has 3 rings (SSSR count). The Balaban J connectivity index is 1.79. The molecule has 0 radical (unpaired) electrons. The van der Waals surface area contributed by atoms with E-state index in [1.807, 2.05) is 23.5 Å². The van der Waals surface area contributed by atoms with Crippen LogP contribution in [0.3, 0.4) is 0 Å². The molecule has 1 heterocycles. The van der Waals surface area contributed by atoms with Crippen LogP contribution in [0.1, 0.15) is 40.4 Å². The maximum Gasteiger partial charge on any atom is 0.0974 e. The summed E-state index contributed by atoms with van der Waals surface area (Å²) < 4.78 is 0. The molecule has 1 aromatic heterocycles. The summed E-state index contributed by atoms with van der Waals surface area (Å²) in [5.74, 6) is 0. The largest absolute Gasteiger partial charge is 0.399 e. The van der Waals surface area contributed by atoms with E-state index in [-0.39, 0.29) is 0 Å². The van der Waals surface area contributed by atoms with E-state index >= 15 is 0 Å². The molecule has 3 heteroatoms. The van der Waals surface area contributed by atoms with Gasteiger partial charge in [0.1, 0.15) is 0 Å². The lowest BCUT2D eigenvalue weighted by Gasteiger charge is -1.99. The second-order valence-electron chi connectivity index (χ2n) is 4.96. The molecule has 2 N–H and O–H groups in total. The van der Waals surface area contributed by atoms with Gasteiger partial charge in [0.2, 0.25) is 0 Å². The topological polar surface area (TPSA) is 38.9 Å². The third-order valence-corrected chi connectivity index (χ3v) is 4.63. The van der Waals surface area contributed by atoms with E-state index < -0.39 is 0 Å². The smallest absolute Gasteiger partial charge is 0.0974 e. The Labute approximate surface area is 112 Å². The Kier molecular flexibility index (Phi) is 3.33. The highest BCUT2D eigenvalue weighted by Gasteiger charge is 2.13. The van der Waals surface area contributed by atoms with Gasteiger partial charge in [0.25, 0.3) is 0 Å². The number of anilines is 1. The number of nitrogen functional groups attached to an aromatic ring is 1. The molecule has 0 saturated carbocycles. The first-order valence-electron chi connectivity index (χ1n) is 6.63. The lowest BCUT2D eigenvalue weighted by atomic mass is 10.1. The van der Waals surface area contributed by atoms with Gasteiger partial charge in [-0.3, -0.25) is 0 Å². The predicted octanol–water partition coefficient (Wildman–Crippen LogP) is 3.59. The molecule has 0 atom stereocenters. The quantitative estimate of drug-likeness (QED) is 0.660. The number of fused-ring (bicyclic) bond motifs is 1. The fraction of sp³-hybridized carbons (Fsp3) is 0.400. The number of rotatable bonds is 2. The maximum atomic E-state index is 5.70. The van der Waals surface area contributed by atoms with Crippen molar-refractivity contribution >= 4 is 17.0 Å². The van der Waals surface area contributed by atoms with E-state index in [4.69, 9.17) is 10.7 Å². The van der Waals surface area contributed by atoms with Gasteiger partial charge in [0.05, 0.1) is 10.7 Å². The molecule has 0 bridgehead atoms. The summed E-state index contributed by atoms with van der Waals surface area (Å²) in [4.78, 5) is 6.34. The predicted molar refractivity (Wildman–Crippen MR) is 77.0 cm³/mol. The molecule has 1 aliphatic rings. The Bertz CT molecular complexity index is 504. The molecule has 18 heavy (non-hydrogen) atoms. The van der Waals surface area contributed by atoms with Crippen LogP contribution < -0.4 is 5.73 Å². The molecule has 1 aliphatic carbocycles. The highest BCUT2D eigenvalue weighted by molar-refractivity contribution is 7.11. The first-order chi connectivity index (χ1) is 8.81. The zero-order chi connectivity index (χ0) is 12.4. The van der Waals surface area contributed by atoms with Crippen LogP contribution >= 0.6 is 11.3 Å². The summed E-state index contributed by atoms with van der Waals surface area (Å²) in [7, 11) is 0. The molecular formula is C15H18N2S. The number of aromatic nitrogens is 1. The molecule has 2 aromatic rings. The minimum Gasteiger partial charge on any atom is -0.399 e. The van der Waals surface area contributed by atoms with Crippen LogP contribution in [0.15, 0.2) is 24.3 Å². The summed E-state index contributed by atoms with van der Waals surface area (Å²) in [6, 6.07) is 8.13. The van der Waals surface area contributed by atoms with Crippen molar-refractivity contribution in [3.05, 3.63) is 45.4 Å².